The minimum absolute atomic E-state index is 0.0786. The number of rotatable bonds is 6. The molecule has 1 aromatic carbocycles. The Bertz CT molecular complexity index is 999. The highest BCUT2D eigenvalue weighted by Gasteiger charge is 2.20. The van der Waals surface area contributed by atoms with Gasteiger partial charge in [-0.2, -0.15) is 0 Å². The molecule has 0 spiro atoms. The third kappa shape index (κ3) is 3.45. The van der Waals surface area contributed by atoms with E-state index >= 15 is 0 Å². The molecule has 0 N–H and O–H groups in total. The van der Waals surface area contributed by atoms with E-state index in [-0.39, 0.29) is 5.91 Å². The number of benzene rings is 1. The van der Waals surface area contributed by atoms with Crippen LogP contribution in [0.3, 0.4) is 0 Å². The third-order valence-electron chi connectivity index (χ3n) is 4.53. The first-order valence-electron chi connectivity index (χ1n) is 8.61. The zero-order chi connectivity index (χ0) is 17.9. The van der Waals surface area contributed by atoms with Crippen molar-refractivity contribution in [2.24, 2.45) is 0 Å². The van der Waals surface area contributed by atoms with Gasteiger partial charge in [0.1, 0.15) is 5.69 Å². The Kier molecular flexibility index (Phi) is 4.91. The van der Waals surface area contributed by atoms with Gasteiger partial charge in [-0.15, -0.1) is 22.7 Å². The predicted molar refractivity (Wildman–Crippen MR) is 110 cm³/mol. The molecular formula is C21H20N2OS2. The van der Waals surface area contributed by atoms with Crippen LogP contribution in [0.25, 0.3) is 10.2 Å². The molecule has 132 valence electrons. The second-order valence-electron chi connectivity index (χ2n) is 6.33. The fraction of sp³-hybridized carbons (Fsp3) is 0.190. The van der Waals surface area contributed by atoms with E-state index in [1.807, 2.05) is 35.5 Å². The van der Waals surface area contributed by atoms with Crippen LogP contribution in [-0.2, 0) is 19.5 Å². The number of aryl methyl sites for hydroxylation is 2. The molecule has 0 bridgehead atoms. The van der Waals surface area contributed by atoms with Gasteiger partial charge < -0.3 is 9.47 Å². The largest absolute Gasteiger partial charge is 0.335 e. The van der Waals surface area contributed by atoms with Crippen LogP contribution in [0.1, 0.15) is 20.9 Å². The SMILES string of the molecule is CN(Cc1cccs1)C(=O)c1cc2sccc2n1CCc1ccccc1. The molecule has 4 rings (SSSR count). The molecule has 0 atom stereocenters. The average molecular weight is 381 g/mol. The van der Waals surface area contributed by atoms with Gasteiger partial charge in [-0.1, -0.05) is 36.4 Å². The van der Waals surface area contributed by atoms with Crippen LogP contribution in [-0.4, -0.2) is 22.4 Å². The summed E-state index contributed by atoms with van der Waals surface area (Å²) in [6.45, 7) is 1.45. The fourth-order valence-electron chi connectivity index (χ4n) is 3.18. The summed E-state index contributed by atoms with van der Waals surface area (Å²) >= 11 is 3.37. The summed E-state index contributed by atoms with van der Waals surface area (Å²) in [6.07, 6.45) is 0.912. The maximum Gasteiger partial charge on any atom is 0.270 e. The van der Waals surface area contributed by atoms with Crippen molar-refractivity contribution >= 4 is 38.8 Å². The van der Waals surface area contributed by atoms with Crippen molar-refractivity contribution in [2.45, 2.75) is 19.5 Å². The molecule has 0 saturated heterocycles. The van der Waals surface area contributed by atoms with Gasteiger partial charge in [0.15, 0.2) is 0 Å². The zero-order valence-electron chi connectivity index (χ0n) is 14.6. The molecular weight excluding hydrogens is 360 g/mol. The number of hydrogen-bond acceptors (Lipinski definition) is 3. The minimum atomic E-state index is 0.0786. The molecule has 5 heteroatoms. The standard InChI is InChI=1S/C21H20N2OS2/c1-22(15-17-8-5-12-25-17)21(24)19-14-20-18(10-13-26-20)23(19)11-9-16-6-3-2-4-7-16/h2-8,10,12-14H,9,11,15H2,1H3. The lowest BCUT2D eigenvalue weighted by molar-refractivity contribution is 0.0776. The molecule has 0 saturated carbocycles. The van der Waals surface area contributed by atoms with Crippen LogP contribution < -0.4 is 0 Å². The van der Waals surface area contributed by atoms with Gasteiger partial charge in [-0.25, -0.2) is 0 Å². The lowest BCUT2D eigenvalue weighted by atomic mass is 10.1. The number of carbonyl (C=O) groups is 1. The van der Waals surface area contributed by atoms with E-state index in [1.54, 1.807) is 22.7 Å². The van der Waals surface area contributed by atoms with Crippen LogP contribution in [0.15, 0.2) is 65.4 Å². The quantitative estimate of drug-likeness (QED) is 0.447. The molecule has 0 unspecified atom stereocenters. The van der Waals surface area contributed by atoms with Gasteiger partial charge in [0.05, 0.1) is 16.8 Å². The Morgan fingerprint density at radius 3 is 2.65 bits per heavy atom. The van der Waals surface area contributed by atoms with Gasteiger partial charge in [0.2, 0.25) is 0 Å². The van der Waals surface area contributed by atoms with E-state index in [2.05, 4.69) is 46.3 Å². The van der Waals surface area contributed by atoms with Gasteiger partial charge in [-0.05, 0) is 40.9 Å². The number of aromatic nitrogens is 1. The second kappa shape index (κ2) is 7.48. The number of fused-ring (bicyclic) bond motifs is 1. The third-order valence-corrected chi connectivity index (χ3v) is 6.24. The highest BCUT2D eigenvalue weighted by molar-refractivity contribution is 7.17. The van der Waals surface area contributed by atoms with Gasteiger partial charge in [0, 0.05) is 18.5 Å². The Hall–Kier alpha value is -2.37. The number of thiophene rings is 2. The first-order chi connectivity index (χ1) is 12.7. The van der Waals surface area contributed by atoms with Crippen LogP contribution >= 0.6 is 22.7 Å². The van der Waals surface area contributed by atoms with E-state index in [4.69, 9.17) is 0 Å². The number of nitrogens with zero attached hydrogens (tertiary/aromatic N) is 2. The number of hydrogen-bond donors (Lipinski definition) is 0. The Balaban J connectivity index is 1.59. The molecule has 0 aliphatic rings. The lowest BCUT2D eigenvalue weighted by Gasteiger charge is -2.18. The van der Waals surface area contributed by atoms with Crippen molar-refractivity contribution in [1.29, 1.82) is 0 Å². The smallest absolute Gasteiger partial charge is 0.270 e. The topological polar surface area (TPSA) is 25.2 Å². The normalized spacial score (nSPS) is 11.1. The van der Waals surface area contributed by atoms with Crippen molar-refractivity contribution < 1.29 is 4.79 Å². The van der Waals surface area contributed by atoms with E-state index < -0.39 is 0 Å². The summed E-state index contributed by atoms with van der Waals surface area (Å²) in [5, 5.41) is 4.14. The number of amides is 1. The maximum atomic E-state index is 13.1. The lowest BCUT2D eigenvalue weighted by Crippen LogP contribution is -2.28. The Labute approximate surface area is 161 Å². The Morgan fingerprint density at radius 2 is 1.88 bits per heavy atom. The molecule has 26 heavy (non-hydrogen) atoms. The first-order valence-corrected chi connectivity index (χ1v) is 10.4. The molecule has 3 aromatic heterocycles. The fourth-order valence-corrected chi connectivity index (χ4v) is 4.76. The van der Waals surface area contributed by atoms with Crippen molar-refractivity contribution in [1.82, 2.24) is 9.47 Å². The monoisotopic (exact) mass is 380 g/mol. The van der Waals surface area contributed by atoms with Gasteiger partial charge in [-0.3, -0.25) is 4.79 Å². The molecule has 1 amide bonds. The second-order valence-corrected chi connectivity index (χ2v) is 8.31. The summed E-state index contributed by atoms with van der Waals surface area (Å²) in [4.78, 5) is 16.1. The van der Waals surface area contributed by atoms with E-state index in [1.165, 1.54) is 15.1 Å². The van der Waals surface area contributed by atoms with Crippen LogP contribution in [0.5, 0.6) is 0 Å². The number of carbonyl (C=O) groups excluding carboxylic acids is 1. The molecule has 3 heterocycles. The van der Waals surface area contributed by atoms with E-state index in [0.717, 1.165) is 24.2 Å². The summed E-state index contributed by atoms with van der Waals surface area (Å²) in [7, 11) is 1.88. The van der Waals surface area contributed by atoms with E-state index in [9.17, 15) is 4.79 Å². The molecule has 0 aliphatic heterocycles. The summed E-state index contributed by atoms with van der Waals surface area (Å²) in [5.41, 5.74) is 3.22. The van der Waals surface area contributed by atoms with Crippen LogP contribution in [0, 0.1) is 0 Å². The van der Waals surface area contributed by atoms with Gasteiger partial charge >= 0.3 is 0 Å². The van der Waals surface area contributed by atoms with Crippen LogP contribution in [0.2, 0.25) is 0 Å². The summed E-state index contributed by atoms with van der Waals surface area (Å²) in [6, 6.07) is 18.7. The Morgan fingerprint density at radius 1 is 1.04 bits per heavy atom. The van der Waals surface area contributed by atoms with Crippen molar-refractivity contribution in [3.05, 3.63) is 81.5 Å². The first kappa shape index (κ1) is 17.1. The van der Waals surface area contributed by atoms with Crippen molar-refractivity contribution in [2.75, 3.05) is 7.05 Å². The molecule has 0 radical (unpaired) electrons. The van der Waals surface area contributed by atoms with E-state index in [0.29, 0.717) is 6.54 Å². The summed E-state index contributed by atoms with van der Waals surface area (Å²) < 4.78 is 3.34. The average Bonchev–Trinajstić information content (AvgIpc) is 3.38. The molecule has 0 fully saturated rings. The highest BCUT2D eigenvalue weighted by Crippen LogP contribution is 2.27. The maximum absolute atomic E-state index is 13.1. The predicted octanol–water partition coefficient (Wildman–Crippen LogP) is 5.28. The molecule has 3 nitrogen and oxygen atoms in total. The van der Waals surface area contributed by atoms with Crippen LogP contribution in [0.4, 0.5) is 0 Å². The minimum Gasteiger partial charge on any atom is -0.335 e. The molecule has 0 aliphatic carbocycles. The van der Waals surface area contributed by atoms with Gasteiger partial charge in [0.25, 0.3) is 5.91 Å². The zero-order valence-corrected chi connectivity index (χ0v) is 16.2. The van der Waals surface area contributed by atoms with Crippen molar-refractivity contribution in [3.63, 3.8) is 0 Å². The summed E-state index contributed by atoms with van der Waals surface area (Å²) in [5.74, 6) is 0.0786. The molecule has 4 aromatic rings. The van der Waals surface area contributed by atoms with Crippen molar-refractivity contribution in [3.8, 4) is 0 Å². The highest BCUT2D eigenvalue weighted by atomic mass is 32.1.